The van der Waals surface area contributed by atoms with Gasteiger partial charge in [-0.2, -0.15) is 0 Å². The molecule has 1 heterocycles. The molecule has 2 rings (SSSR count). The fourth-order valence-electron chi connectivity index (χ4n) is 1.57. The van der Waals surface area contributed by atoms with Gasteiger partial charge in [-0.1, -0.05) is 5.16 Å². The predicted octanol–water partition coefficient (Wildman–Crippen LogP) is 2.46. The molecule has 0 spiro atoms. The number of carboxylic acid groups (broad SMARTS) is 1. The quantitative estimate of drug-likeness (QED) is 0.923. The number of hydrogen-bond donors (Lipinski definition) is 1. The SMILES string of the molecule is COCc1c(F)ccc(-c2cc(C(=O)O)no2)c1F. The van der Waals surface area contributed by atoms with Gasteiger partial charge >= 0.3 is 5.97 Å². The average Bonchev–Trinajstić information content (AvgIpc) is 2.84. The molecule has 0 saturated heterocycles. The van der Waals surface area contributed by atoms with Crippen LogP contribution in [0.15, 0.2) is 22.7 Å². The lowest BCUT2D eigenvalue weighted by atomic mass is 10.1. The van der Waals surface area contributed by atoms with Crippen LogP contribution in [-0.2, 0) is 11.3 Å². The van der Waals surface area contributed by atoms with Gasteiger partial charge < -0.3 is 14.4 Å². The summed E-state index contributed by atoms with van der Waals surface area (Å²) in [6.45, 7) is -0.245. The second-order valence-corrected chi connectivity index (χ2v) is 3.70. The monoisotopic (exact) mass is 269 g/mol. The zero-order valence-corrected chi connectivity index (χ0v) is 9.81. The van der Waals surface area contributed by atoms with E-state index in [1.807, 2.05) is 0 Å². The fourth-order valence-corrected chi connectivity index (χ4v) is 1.57. The Kier molecular flexibility index (Phi) is 3.57. The van der Waals surface area contributed by atoms with Gasteiger partial charge in [0.15, 0.2) is 11.5 Å². The lowest BCUT2D eigenvalue weighted by Crippen LogP contribution is -1.99. The summed E-state index contributed by atoms with van der Waals surface area (Å²) in [5, 5.41) is 12.0. The van der Waals surface area contributed by atoms with Crippen molar-refractivity contribution in [3.8, 4) is 11.3 Å². The number of hydrogen-bond acceptors (Lipinski definition) is 4. The minimum absolute atomic E-state index is 0.0755. The molecular weight excluding hydrogens is 260 g/mol. The first-order valence-electron chi connectivity index (χ1n) is 5.20. The van der Waals surface area contributed by atoms with E-state index in [4.69, 9.17) is 14.4 Å². The molecule has 2 aromatic rings. The topological polar surface area (TPSA) is 72.6 Å². The Morgan fingerprint density at radius 2 is 2.21 bits per heavy atom. The Balaban J connectivity index is 2.49. The zero-order valence-electron chi connectivity index (χ0n) is 9.81. The third-order valence-corrected chi connectivity index (χ3v) is 2.47. The van der Waals surface area contributed by atoms with E-state index < -0.39 is 17.6 Å². The average molecular weight is 269 g/mol. The van der Waals surface area contributed by atoms with Gasteiger partial charge in [0, 0.05) is 18.7 Å². The lowest BCUT2D eigenvalue weighted by molar-refractivity contribution is 0.0686. The van der Waals surface area contributed by atoms with Gasteiger partial charge in [0.25, 0.3) is 0 Å². The molecule has 0 aliphatic heterocycles. The summed E-state index contributed by atoms with van der Waals surface area (Å²) >= 11 is 0. The van der Waals surface area contributed by atoms with Gasteiger partial charge in [0.1, 0.15) is 11.6 Å². The highest BCUT2D eigenvalue weighted by molar-refractivity contribution is 5.86. The highest BCUT2D eigenvalue weighted by Gasteiger charge is 2.19. The van der Waals surface area contributed by atoms with Crippen LogP contribution >= 0.6 is 0 Å². The normalized spacial score (nSPS) is 10.7. The summed E-state index contributed by atoms with van der Waals surface area (Å²) in [6.07, 6.45) is 0. The molecule has 1 N–H and O–H groups in total. The van der Waals surface area contributed by atoms with Crippen LogP contribution in [0.4, 0.5) is 8.78 Å². The molecule has 0 atom stereocenters. The second kappa shape index (κ2) is 5.15. The van der Waals surface area contributed by atoms with Crippen molar-refractivity contribution in [2.45, 2.75) is 6.61 Å². The summed E-state index contributed by atoms with van der Waals surface area (Å²) in [5.74, 6) is -3.00. The molecule has 0 aliphatic carbocycles. The van der Waals surface area contributed by atoms with Crippen LogP contribution in [0.2, 0.25) is 0 Å². The van der Waals surface area contributed by atoms with Gasteiger partial charge in [0.2, 0.25) is 0 Å². The van der Waals surface area contributed by atoms with Crippen LogP contribution in [0.3, 0.4) is 0 Å². The van der Waals surface area contributed by atoms with E-state index in [0.29, 0.717) is 0 Å². The molecular formula is C12H9F2NO4. The number of rotatable bonds is 4. The van der Waals surface area contributed by atoms with E-state index in [1.54, 1.807) is 0 Å². The predicted molar refractivity (Wildman–Crippen MR) is 59.5 cm³/mol. The van der Waals surface area contributed by atoms with Crippen molar-refractivity contribution >= 4 is 5.97 Å². The highest BCUT2D eigenvalue weighted by Crippen LogP contribution is 2.27. The summed E-state index contributed by atoms with van der Waals surface area (Å²) in [4.78, 5) is 10.7. The maximum atomic E-state index is 14.1. The van der Waals surface area contributed by atoms with Crippen LogP contribution in [0.5, 0.6) is 0 Å². The van der Waals surface area contributed by atoms with Crippen molar-refractivity contribution in [2.24, 2.45) is 0 Å². The van der Waals surface area contributed by atoms with Gasteiger partial charge in [-0.05, 0) is 12.1 Å². The first kappa shape index (κ1) is 13.2. The molecule has 19 heavy (non-hydrogen) atoms. The molecule has 0 fully saturated rings. The van der Waals surface area contributed by atoms with E-state index in [0.717, 1.165) is 18.2 Å². The number of carbonyl (C=O) groups is 1. The van der Waals surface area contributed by atoms with E-state index >= 15 is 0 Å². The summed E-state index contributed by atoms with van der Waals surface area (Å²) in [7, 11) is 1.31. The molecule has 7 heteroatoms. The number of nitrogens with zero attached hydrogens (tertiary/aromatic N) is 1. The van der Waals surface area contributed by atoms with Crippen LogP contribution in [-0.4, -0.2) is 23.3 Å². The number of halogens is 2. The number of benzene rings is 1. The first-order valence-corrected chi connectivity index (χ1v) is 5.20. The Labute approximate surface area is 106 Å². The molecule has 1 aromatic heterocycles. The molecule has 0 unspecified atom stereocenters. The Morgan fingerprint density at radius 1 is 1.47 bits per heavy atom. The van der Waals surface area contributed by atoms with Crippen LogP contribution in [0, 0.1) is 11.6 Å². The van der Waals surface area contributed by atoms with Crippen molar-refractivity contribution in [1.29, 1.82) is 0 Å². The van der Waals surface area contributed by atoms with E-state index in [9.17, 15) is 13.6 Å². The van der Waals surface area contributed by atoms with Crippen LogP contribution < -0.4 is 0 Å². The number of ether oxygens (including phenoxy) is 1. The Bertz CT molecular complexity index is 624. The third-order valence-electron chi connectivity index (χ3n) is 2.47. The maximum absolute atomic E-state index is 14.1. The van der Waals surface area contributed by atoms with Crippen molar-refractivity contribution < 1.29 is 27.9 Å². The van der Waals surface area contributed by atoms with Crippen molar-refractivity contribution in [1.82, 2.24) is 5.16 Å². The third kappa shape index (κ3) is 2.45. The largest absolute Gasteiger partial charge is 0.476 e. The zero-order chi connectivity index (χ0) is 14.0. The van der Waals surface area contributed by atoms with E-state index in [2.05, 4.69) is 5.16 Å². The number of aromatic nitrogens is 1. The van der Waals surface area contributed by atoms with E-state index in [-0.39, 0.29) is 29.2 Å². The lowest BCUT2D eigenvalue weighted by Gasteiger charge is -2.06. The van der Waals surface area contributed by atoms with Crippen molar-refractivity contribution in [3.05, 3.63) is 41.1 Å². The molecule has 0 radical (unpaired) electrons. The Hall–Kier alpha value is -2.28. The minimum Gasteiger partial charge on any atom is -0.476 e. The second-order valence-electron chi connectivity index (χ2n) is 3.70. The molecule has 0 amide bonds. The summed E-state index contributed by atoms with van der Waals surface area (Å²) in [6, 6.07) is 3.26. The van der Waals surface area contributed by atoms with Gasteiger partial charge in [-0.25, -0.2) is 13.6 Å². The number of methoxy groups -OCH3 is 1. The fraction of sp³-hybridized carbons (Fsp3) is 0.167. The van der Waals surface area contributed by atoms with Gasteiger partial charge in [-0.15, -0.1) is 0 Å². The van der Waals surface area contributed by atoms with Crippen molar-refractivity contribution in [3.63, 3.8) is 0 Å². The van der Waals surface area contributed by atoms with Gasteiger partial charge in [0.05, 0.1) is 12.2 Å². The molecule has 0 saturated carbocycles. The Morgan fingerprint density at radius 3 is 2.79 bits per heavy atom. The number of carboxylic acids is 1. The molecule has 5 nitrogen and oxygen atoms in total. The maximum Gasteiger partial charge on any atom is 0.358 e. The molecule has 1 aromatic carbocycles. The molecule has 100 valence electrons. The van der Waals surface area contributed by atoms with Crippen LogP contribution in [0.25, 0.3) is 11.3 Å². The smallest absolute Gasteiger partial charge is 0.358 e. The first-order chi connectivity index (χ1) is 9.04. The summed E-state index contributed by atoms with van der Waals surface area (Å²) < 4.78 is 36.9. The molecule has 0 bridgehead atoms. The van der Waals surface area contributed by atoms with E-state index in [1.165, 1.54) is 7.11 Å². The van der Waals surface area contributed by atoms with Crippen molar-refractivity contribution in [2.75, 3.05) is 7.11 Å². The standard InChI is InChI=1S/C12H9F2NO4/c1-18-5-7-8(13)3-2-6(11(7)14)10-4-9(12(16)17)15-19-10/h2-4H,5H2,1H3,(H,16,17). The highest BCUT2D eigenvalue weighted by atomic mass is 19.1. The number of aromatic carboxylic acids is 1. The minimum atomic E-state index is -1.30. The van der Waals surface area contributed by atoms with Crippen LogP contribution in [0.1, 0.15) is 16.1 Å². The van der Waals surface area contributed by atoms with Gasteiger partial charge in [-0.3, -0.25) is 0 Å². The molecule has 0 aliphatic rings. The summed E-state index contributed by atoms with van der Waals surface area (Å²) in [5.41, 5.74) is -0.686.